The van der Waals surface area contributed by atoms with E-state index in [-0.39, 0.29) is 12.0 Å². The van der Waals surface area contributed by atoms with Gasteiger partial charge in [-0.25, -0.2) is 4.79 Å². The quantitative estimate of drug-likeness (QED) is 0.905. The summed E-state index contributed by atoms with van der Waals surface area (Å²) in [5.74, 6) is 0.0391. The van der Waals surface area contributed by atoms with E-state index in [9.17, 15) is 9.90 Å². The van der Waals surface area contributed by atoms with E-state index >= 15 is 0 Å². The van der Waals surface area contributed by atoms with Gasteiger partial charge in [-0.05, 0) is 39.3 Å². The number of halogens is 1. The first-order valence-corrected chi connectivity index (χ1v) is 7.87. The highest BCUT2D eigenvalue weighted by atomic mass is 35.5. The maximum Gasteiger partial charge on any atom is 0.410 e. The third-order valence-corrected chi connectivity index (χ3v) is 4.51. The molecule has 0 saturated carbocycles. The lowest BCUT2D eigenvalue weighted by molar-refractivity contribution is 0.0269. The SMILES string of the molecule is CC(C)(C)OC(=O)N1CCC(C(O)c2ccc(Cl)s2)C1. The minimum atomic E-state index is -0.570. The molecule has 1 saturated heterocycles. The van der Waals surface area contributed by atoms with E-state index in [0.29, 0.717) is 17.4 Å². The molecule has 0 aromatic carbocycles. The number of carbonyl (C=O) groups excluding carboxylic acids is 1. The van der Waals surface area contributed by atoms with Gasteiger partial charge in [0.1, 0.15) is 5.60 Å². The molecule has 1 aliphatic rings. The number of amides is 1. The van der Waals surface area contributed by atoms with Crippen molar-refractivity contribution in [1.29, 1.82) is 0 Å². The van der Waals surface area contributed by atoms with Gasteiger partial charge < -0.3 is 14.7 Å². The van der Waals surface area contributed by atoms with Crippen LogP contribution in [0.25, 0.3) is 0 Å². The van der Waals surface area contributed by atoms with Gasteiger partial charge in [-0.15, -0.1) is 11.3 Å². The number of rotatable bonds is 2. The lowest BCUT2D eigenvalue weighted by Gasteiger charge is -2.24. The molecule has 0 bridgehead atoms. The Morgan fingerprint density at radius 1 is 1.55 bits per heavy atom. The standard InChI is InChI=1S/C14H20ClNO3S/c1-14(2,3)19-13(18)16-7-6-9(8-16)12(17)10-4-5-11(15)20-10/h4-5,9,12,17H,6-8H2,1-3H3. The van der Waals surface area contributed by atoms with Crippen LogP contribution < -0.4 is 0 Å². The fourth-order valence-corrected chi connectivity index (χ4v) is 3.40. The van der Waals surface area contributed by atoms with E-state index in [0.717, 1.165) is 11.3 Å². The van der Waals surface area contributed by atoms with Crippen molar-refractivity contribution in [1.82, 2.24) is 4.90 Å². The molecule has 4 nitrogen and oxygen atoms in total. The van der Waals surface area contributed by atoms with E-state index in [1.807, 2.05) is 26.8 Å². The summed E-state index contributed by atoms with van der Waals surface area (Å²) in [6, 6.07) is 3.62. The topological polar surface area (TPSA) is 49.8 Å². The molecule has 1 aromatic rings. The van der Waals surface area contributed by atoms with Gasteiger partial charge in [0.15, 0.2) is 0 Å². The summed E-state index contributed by atoms with van der Waals surface area (Å²) >= 11 is 7.27. The summed E-state index contributed by atoms with van der Waals surface area (Å²) in [5, 5.41) is 10.3. The van der Waals surface area contributed by atoms with Crippen LogP contribution in [0.1, 0.15) is 38.2 Å². The van der Waals surface area contributed by atoms with Crippen LogP contribution in [0.15, 0.2) is 12.1 Å². The first-order valence-electron chi connectivity index (χ1n) is 6.67. The highest BCUT2D eigenvalue weighted by molar-refractivity contribution is 7.16. The van der Waals surface area contributed by atoms with E-state index < -0.39 is 11.7 Å². The Bertz CT molecular complexity index is 483. The second-order valence-corrected chi connectivity index (χ2v) is 7.81. The zero-order chi connectivity index (χ0) is 14.9. The number of hydrogen-bond acceptors (Lipinski definition) is 4. The van der Waals surface area contributed by atoms with E-state index in [2.05, 4.69) is 0 Å². The van der Waals surface area contributed by atoms with Gasteiger partial charge in [-0.3, -0.25) is 0 Å². The Labute approximate surface area is 128 Å². The van der Waals surface area contributed by atoms with Gasteiger partial charge in [0.05, 0.1) is 10.4 Å². The van der Waals surface area contributed by atoms with Crippen molar-refractivity contribution >= 4 is 29.0 Å². The number of carbonyl (C=O) groups is 1. The number of hydrogen-bond donors (Lipinski definition) is 1. The van der Waals surface area contributed by atoms with Gasteiger partial charge in [0.2, 0.25) is 0 Å². The van der Waals surface area contributed by atoms with Crippen LogP contribution in [-0.4, -0.2) is 34.8 Å². The van der Waals surface area contributed by atoms with Crippen molar-refractivity contribution < 1.29 is 14.6 Å². The van der Waals surface area contributed by atoms with E-state index in [4.69, 9.17) is 16.3 Å². The average Bonchev–Trinajstić information content (AvgIpc) is 2.94. The molecule has 6 heteroatoms. The highest BCUT2D eigenvalue weighted by Gasteiger charge is 2.34. The van der Waals surface area contributed by atoms with Gasteiger partial charge in [0, 0.05) is 23.9 Å². The molecule has 2 atom stereocenters. The monoisotopic (exact) mass is 317 g/mol. The molecule has 1 aliphatic heterocycles. The van der Waals surface area contributed by atoms with Gasteiger partial charge in [-0.1, -0.05) is 11.6 Å². The highest BCUT2D eigenvalue weighted by Crippen LogP contribution is 2.35. The predicted molar refractivity (Wildman–Crippen MR) is 80.2 cm³/mol. The maximum absolute atomic E-state index is 12.0. The molecule has 20 heavy (non-hydrogen) atoms. The van der Waals surface area contributed by atoms with Crippen LogP contribution in [0.2, 0.25) is 4.34 Å². The largest absolute Gasteiger partial charge is 0.444 e. The fourth-order valence-electron chi connectivity index (χ4n) is 2.26. The van der Waals surface area contributed by atoms with Crippen molar-refractivity contribution in [2.24, 2.45) is 5.92 Å². The van der Waals surface area contributed by atoms with Crippen LogP contribution >= 0.6 is 22.9 Å². The molecule has 0 aliphatic carbocycles. The van der Waals surface area contributed by atoms with Crippen molar-refractivity contribution in [2.75, 3.05) is 13.1 Å². The van der Waals surface area contributed by atoms with Crippen LogP contribution in [0.4, 0.5) is 4.79 Å². The Balaban J connectivity index is 1.93. The maximum atomic E-state index is 12.0. The van der Waals surface area contributed by atoms with Crippen LogP contribution in [0.5, 0.6) is 0 Å². The average molecular weight is 318 g/mol. The van der Waals surface area contributed by atoms with Crippen LogP contribution in [0, 0.1) is 5.92 Å². The Hall–Kier alpha value is -0.780. The number of nitrogens with zero attached hydrogens (tertiary/aromatic N) is 1. The first kappa shape index (κ1) is 15.6. The lowest BCUT2D eigenvalue weighted by atomic mass is 10.0. The lowest BCUT2D eigenvalue weighted by Crippen LogP contribution is -2.35. The molecule has 0 spiro atoms. The van der Waals surface area contributed by atoms with Crippen molar-refractivity contribution in [2.45, 2.75) is 38.9 Å². The Morgan fingerprint density at radius 3 is 2.80 bits per heavy atom. The summed E-state index contributed by atoms with van der Waals surface area (Å²) in [5.41, 5.74) is -0.491. The summed E-state index contributed by atoms with van der Waals surface area (Å²) in [6.07, 6.45) is -0.105. The molecule has 1 amide bonds. The van der Waals surface area contributed by atoms with E-state index in [1.165, 1.54) is 11.3 Å². The Morgan fingerprint density at radius 2 is 2.25 bits per heavy atom. The fraction of sp³-hybridized carbons (Fsp3) is 0.643. The van der Waals surface area contributed by atoms with Crippen molar-refractivity contribution in [3.05, 3.63) is 21.3 Å². The molecule has 1 fully saturated rings. The van der Waals surface area contributed by atoms with Crippen LogP contribution in [0.3, 0.4) is 0 Å². The molecule has 1 aromatic heterocycles. The summed E-state index contributed by atoms with van der Waals surface area (Å²) in [4.78, 5) is 14.5. The number of aliphatic hydroxyl groups is 1. The summed E-state index contributed by atoms with van der Waals surface area (Å²) in [7, 11) is 0. The summed E-state index contributed by atoms with van der Waals surface area (Å²) < 4.78 is 6.01. The predicted octanol–water partition coefficient (Wildman–Crippen LogP) is 3.69. The molecule has 112 valence electrons. The number of likely N-dealkylation sites (tertiary alicyclic amines) is 1. The zero-order valence-corrected chi connectivity index (χ0v) is 13.5. The Kier molecular flexibility index (Phi) is 4.62. The van der Waals surface area contributed by atoms with Crippen molar-refractivity contribution in [3.8, 4) is 0 Å². The third-order valence-electron chi connectivity index (χ3n) is 3.21. The molecule has 2 unspecified atom stereocenters. The molecule has 0 radical (unpaired) electrons. The number of thiophene rings is 1. The molecule has 1 N–H and O–H groups in total. The van der Waals surface area contributed by atoms with Crippen molar-refractivity contribution in [3.63, 3.8) is 0 Å². The summed E-state index contributed by atoms with van der Waals surface area (Å²) in [6.45, 7) is 6.68. The third kappa shape index (κ3) is 3.87. The number of aliphatic hydroxyl groups excluding tert-OH is 1. The first-order chi connectivity index (χ1) is 9.26. The minimum absolute atomic E-state index is 0.0391. The molecule has 2 rings (SSSR count). The minimum Gasteiger partial charge on any atom is -0.444 e. The van der Waals surface area contributed by atoms with Crippen LogP contribution in [-0.2, 0) is 4.74 Å². The van der Waals surface area contributed by atoms with Gasteiger partial charge in [0.25, 0.3) is 0 Å². The van der Waals surface area contributed by atoms with E-state index in [1.54, 1.807) is 11.0 Å². The van der Waals surface area contributed by atoms with Gasteiger partial charge in [-0.2, -0.15) is 0 Å². The smallest absolute Gasteiger partial charge is 0.410 e. The zero-order valence-electron chi connectivity index (χ0n) is 11.9. The molecular formula is C14H20ClNO3S. The second kappa shape index (κ2) is 5.92. The number of ether oxygens (including phenoxy) is 1. The second-order valence-electron chi connectivity index (χ2n) is 6.06. The molecule has 2 heterocycles. The van der Waals surface area contributed by atoms with Gasteiger partial charge >= 0.3 is 6.09 Å². The normalized spacial score (nSPS) is 21.1. The molecular weight excluding hydrogens is 298 g/mol.